The number of aromatic nitrogens is 3. The Morgan fingerprint density at radius 2 is 1.84 bits per heavy atom. The van der Waals surface area contributed by atoms with Crippen LogP contribution >= 0.6 is 0 Å². The van der Waals surface area contributed by atoms with Crippen LogP contribution < -0.4 is 11.9 Å². The normalized spacial score (nSPS) is 12.1. The van der Waals surface area contributed by atoms with Gasteiger partial charge in [-0.25, -0.2) is 4.98 Å². The Kier molecular flexibility index (Phi) is 3.48. The number of hydrogen-bond donors (Lipinski definition) is 2. The molecule has 5 N–H and O–H groups in total. The highest BCUT2D eigenvalue weighted by atomic mass is 15.3. The van der Waals surface area contributed by atoms with Crippen LogP contribution in [0.25, 0.3) is 5.65 Å². The number of fused-ring (bicyclic) bond motifs is 1. The van der Waals surface area contributed by atoms with Gasteiger partial charge in [-0.05, 0) is 17.7 Å². The molecule has 3 rings (SSSR count). The minimum Gasteiger partial charge on any atom is -0.382 e. The van der Waals surface area contributed by atoms with Gasteiger partial charge in [-0.3, -0.25) is 0 Å². The van der Waals surface area contributed by atoms with Crippen LogP contribution in [-0.2, 0) is 0 Å². The zero-order valence-corrected chi connectivity index (χ0v) is 10.8. The standard InChI is InChI=1S/C14H14N4.H3N/c1-10(11-5-3-2-4-6-11)12-7-8-14-16-9-13(15)18(14)17-12;/h2-10H,15H2,1H3;1H3/t10-;/m0./s1. The number of rotatable bonds is 2. The second-order valence-electron chi connectivity index (χ2n) is 4.34. The van der Waals surface area contributed by atoms with Gasteiger partial charge >= 0.3 is 0 Å². The van der Waals surface area contributed by atoms with E-state index in [-0.39, 0.29) is 12.1 Å². The predicted molar refractivity (Wildman–Crippen MR) is 76.4 cm³/mol. The molecule has 0 aliphatic heterocycles. The highest BCUT2D eigenvalue weighted by molar-refractivity contribution is 5.46. The molecule has 0 unspecified atom stereocenters. The summed E-state index contributed by atoms with van der Waals surface area (Å²) in [5, 5.41) is 4.54. The first-order chi connectivity index (χ1) is 8.75. The van der Waals surface area contributed by atoms with Gasteiger partial charge in [0.2, 0.25) is 0 Å². The summed E-state index contributed by atoms with van der Waals surface area (Å²) in [6.07, 6.45) is 1.62. The fraction of sp³-hybridized carbons (Fsp3) is 0.143. The van der Waals surface area contributed by atoms with Crippen molar-refractivity contribution in [1.29, 1.82) is 0 Å². The first-order valence-electron chi connectivity index (χ1n) is 5.91. The lowest BCUT2D eigenvalue weighted by Gasteiger charge is -2.11. The maximum atomic E-state index is 5.82. The molecule has 0 aliphatic rings. The van der Waals surface area contributed by atoms with Crippen molar-refractivity contribution in [2.45, 2.75) is 12.8 Å². The molecular formula is C14H17N5. The molecule has 98 valence electrons. The number of nitrogens with zero attached hydrogens (tertiary/aromatic N) is 3. The molecule has 0 aliphatic carbocycles. The fourth-order valence-corrected chi connectivity index (χ4v) is 2.05. The topological polar surface area (TPSA) is 91.2 Å². The van der Waals surface area contributed by atoms with E-state index in [1.54, 1.807) is 10.7 Å². The lowest BCUT2D eigenvalue weighted by Crippen LogP contribution is -2.05. The number of nitrogen functional groups attached to an aromatic ring is 1. The Hall–Kier alpha value is -2.40. The van der Waals surface area contributed by atoms with Crippen molar-refractivity contribution in [3.05, 3.63) is 59.9 Å². The van der Waals surface area contributed by atoms with Crippen LogP contribution in [0.5, 0.6) is 0 Å². The Bertz CT molecular complexity index is 675. The van der Waals surface area contributed by atoms with E-state index in [4.69, 9.17) is 5.73 Å². The van der Waals surface area contributed by atoms with E-state index in [0.29, 0.717) is 5.82 Å². The van der Waals surface area contributed by atoms with Crippen LogP contribution in [0.3, 0.4) is 0 Å². The van der Waals surface area contributed by atoms with Gasteiger partial charge in [-0.2, -0.15) is 9.61 Å². The fourth-order valence-electron chi connectivity index (χ4n) is 2.05. The van der Waals surface area contributed by atoms with Crippen molar-refractivity contribution in [1.82, 2.24) is 20.7 Å². The monoisotopic (exact) mass is 255 g/mol. The molecule has 0 bridgehead atoms. The molecule has 19 heavy (non-hydrogen) atoms. The second-order valence-corrected chi connectivity index (χ2v) is 4.34. The molecule has 0 amide bonds. The third-order valence-corrected chi connectivity index (χ3v) is 3.15. The van der Waals surface area contributed by atoms with E-state index in [1.807, 2.05) is 30.3 Å². The quantitative estimate of drug-likeness (QED) is 0.736. The molecule has 5 nitrogen and oxygen atoms in total. The molecule has 0 radical (unpaired) electrons. The van der Waals surface area contributed by atoms with Gasteiger partial charge in [0.15, 0.2) is 5.65 Å². The first-order valence-corrected chi connectivity index (χ1v) is 5.91. The summed E-state index contributed by atoms with van der Waals surface area (Å²) in [6.45, 7) is 2.14. The van der Waals surface area contributed by atoms with Gasteiger partial charge in [0.05, 0.1) is 11.9 Å². The molecule has 0 saturated heterocycles. The van der Waals surface area contributed by atoms with Gasteiger partial charge in [-0.1, -0.05) is 37.3 Å². The largest absolute Gasteiger partial charge is 0.382 e. The number of hydrogen-bond acceptors (Lipinski definition) is 4. The molecular weight excluding hydrogens is 238 g/mol. The summed E-state index contributed by atoms with van der Waals surface area (Å²) in [7, 11) is 0. The van der Waals surface area contributed by atoms with Gasteiger partial charge in [-0.15, -0.1) is 0 Å². The minimum absolute atomic E-state index is 0. The lowest BCUT2D eigenvalue weighted by molar-refractivity contribution is 0.798. The number of imidazole rings is 1. The van der Waals surface area contributed by atoms with Gasteiger partial charge < -0.3 is 11.9 Å². The third-order valence-electron chi connectivity index (χ3n) is 3.15. The average molecular weight is 255 g/mol. The Balaban J connectivity index is 0.00000133. The Morgan fingerprint density at radius 1 is 1.11 bits per heavy atom. The molecule has 1 atom stereocenters. The van der Waals surface area contributed by atoms with Crippen molar-refractivity contribution in [3.8, 4) is 0 Å². The smallest absolute Gasteiger partial charge is 0.155 e. The lowest BCUT2D eigenvalue weighted by atomic mass is 9.98. The predicted octanol–water partition coefficient (Wildman–Crippen LogP) is 2.63. The van der Waals surface area contributed by atoms with Crippen LogP contribution in [0.4, 0.5) is 5.82 Å². The van der Waals surface area contributed by atoms with E-state index < -0.39 is 0 Å². The van der Waals surface area contributed by atoms with Crippen molar-refractivity contribution < 1.29 is 0 Å². The SMILES string of the molecule is C[C@@H](c1ccccc1)c1ccc2ncc(N)n2n1.N. The molecule has 0 saturated carbocycles. The molecule has 1 aromatic carbocycles. The maximum absolute atomic E-state index is 5.82. The molecule has 2 heterocycles. The third kappa shape index (κ3) is 2.28. The number of nitrogens with two attached hydrogens (primary N) is 1. The van der Waals surface area contributed by atoms with E-state index in [9.17, 15) is 0 Å². The number of benzene rings is 1. The molecule has 2 aromatic heterocycles. The van der Waals surface area contributed by atoms with E-state index in [0.717, 1.165) is 11.3 Å². The zero-order valence-electron chi connectivity index (χ0n) is 10.8. The maximum Gasteiger partial charge on any atom is 0.155 e. The minimum atomic E-state index is 0. The van der Waals surface area contributed by atoms with Crippen LogP contribution in [0.15, 0.2) is 48.7 Å². The van der Waals surface area contributed by atoms with Crippen LogP contribution in [-0.4, -0.2) is 14.6 Å². The second kappa shape index (κ2) is 5.07. The summed E-state index contributed by atoms with van der Waals surface area (Å²) in [4.78, 5) is 4.17. The van der Waals surface area contributed by atoms with E-state index in [2.05, 4.69) is 29.1 Å². The van der Waals surface area contributed by atoms with Crippen LogP contribution in [0.2, 0.25) is 0 Å². The summed E-state index contributed by atoms with van der Waals surface area (Å²) < 4.78 is 1.68. The van der Waals surface area contributed by atoms with Crippen LogP contribution in [0, 0.1) is 0 Å². The molecule has 0 fully saturated rings. The van der Waals surface area contributed by atoms with Gasteiger partial charge in [0, 0.05) is 5.92 Å². The Morgan fingerprint density at radius 3 is 2.58 bits per heavy atom. The van der Waals surface area contributed by atoms with Crippen molar-refractivity contribution >= 4 is 11.5 Å². The highest BCUT2D eigenvalue weighted by Crippen LogP contribution is 2.22. The summed E-state index contributed by atoms with van der Waals surface area (Å²) in [6, 6.07) is 14.2. The summed E-state index contributed by atoms with van der Waals surface area (Å²) >= 11 is 0. The van der Waals surface area contributed by atoms with Crippen LogP contribution in [0.1, 0.15) is 24.1 Å². The summed E-state index contributed by atoms with van der Waals surface area (Å²) in [5.41, 5.74) is 8.82. The van der Waals surface area contributed by atoms with Crippen molar-refractivity contribution in [3.63, 3.8) is 0 Å². The number of anilines is 1. The Labute approximate surface area is 111 Å². The zero-order chi connectivity index (χ0) is 12.5. The van der Waals surface area contributed by atoms with E-state index >= 15 is 0 Å². The molecule has 3 aromatic rings. The average Bonchev–Trinajstić information content (AvgIpc) is 2.80. The van der Waals surface area contributed by atoms with Gasteiger partial charge in [0.25, 0.3) is 0 Å². The summed E-state index contributed by atoms with van der Waals surface area (Å²) in [5.74, 6) is 0.796. The molecule has 0 spiro atoms. The van der Waals surface area contributed by atoms with Crippen molar-refractivity contribution in [2.24, 2.45) is 0 Å². The van der Waals surface area contributed by atoms with E-state index in [1.165, 1.54) is 5.56 Å². The van der Waals surface area contributed by atoms with Crippen molar-refractivity contribution in [2.75, 3.05) is 5.73 Å². The molecule has 5 heteroatoms. The highest BCUT2D eigenvalue weighted by Gasteiger charge is 2.11. The first kappa shape index (κ1) is 13.0. The van der Waals surface area contributed by atoms with Gasteiger partial charge in [0.1, 0.15) is 5.82 Å².